The van der Waals surface area contributed by atoms with Crippen molar-refractivity contribution >= 4 is 54.3 Å². The molecule has 0 amide bonds. The van der Waals surface area contributed by atoms with Crippen LogP contribution in [0.4, 0.5) is 0 Å². The number of furan rings is 1. The van der Waals surface area contributed by atoms with Gasteiger partial charge in [0, 0.05) is 22.2 Å². The molecule has 0 radical (unpaired) electrons. The summed E-state index contributed by atoms with van der Waals surface area (Å²) < 4.78 is 15.3. The maximum atomic E-state index is 6.71. The molecule has 0 unspecified atom stereocenters. The van der Waals surface area contributed by atoms with Crippen molar-refractivity contribution in [1.29, 1.82) is 0 Å². The van der Waals surface area contributed by atoms with E-state index in [1.165, 1.54) is 32.8 Å². The van der Waals surface area contributed by atoms with E-state index in [0.717, 1.165) is 49.8 Å². The van der Waals surface area contributed by atoms with Gasteiger partial charge in [0.05, 0.1) is 5.56 Å². The first-order chi connectivity index (χ1) is 16.7. The van der Waals surface area contributed by atoms with E-state index in [-0.39, 0.29) is 0 Å². The molecule has 0 spiro atoms. The normalized spacial score (nSPS) is 12.6. The number of aryl methyl sites for hydroxylation is 2. The van der Waals surface area contributed by atoms with Crippen LogP contribution in [0, 0.1) is 6.92 Å². The van der Waals surface area contributed by atoms with Gasteiger partial charge < -0.3 is 9.15 Å². The van der Waals surface area contributed by atoms with Gasteiger partial charge in [-0.25, -0.2) is 4.57 Å². The molecule has 0 saturated heterocycles. The van der Waals surface area contributed by atoms with Crippen molar-refractivity contribution in [3.8, 4) is 22.8 Å². The van der Waals surface area contributed by atoms with Gasteiger partial charge in [-0.2, -0.15) is 0 Å². The highest BCUT2D eigenvalue weighted by molar-refractivity contribution is 6.20. The van der Waals surface area contributed by atoms with Gasteiger partial charge in [0.25, 0.3) is 0 Å². The number of rotatable bonds is 0. The summed E-state index contributed by atoms with van der Waals surface area (Å²) in [6, 6.07) is 27.8. The molecule has 34 heavy (non-hydrogen) atoms. The van der Waals surface area contributed by atoms with Crippen molar-refractivity contribution in [2.75, 3.05) is 0 Å². The molecule has 1 aliphatic rings. The van der Waals surface area contributed by atoms with E-state index in [2.05, 4.69) is 91.5 Å². The van der Waals surface area contributed by atoms with Crippen LogP contribution in [0.3, 0.4) is 0 Å². The van der Waals surface area contributed by atoms with Gasteiger partial charge in [-0.15, -0.1) is 0 Å². The molecule has 0 aliphatic carbocycles. The summed E-state index contributed by atoms with van der Waals surface area (Å²) in [5, 5.41) is 9.36. The molecule has 160 valence electrons. The Labute approximate surface area is 195 Å². The molecule has 0 saturated carbocycles. The number of pyridine rings is 1. The Hall–Kier alpha value is -4.37. The van der Waals surface area contributed by atoms with Crippen LogP contribution in [0.2, 0.25) is 0 Å². The second kappa shape index (κ2) is 6.15. The summed E-state index contributed by atoms with van der Waals surface area (Å²) in [5.41, 5.74) is 5.37. The maximum Gasteiger partial charge on any atom is 0.228 e. The summed E-state index contributed by atoms with van der Waals surface area (Å²) >= 11 is 0. The molecule has 7 aromatic rings. The molecule has 0 N–H and O–H groups in total. The zero-order valence-electron chi connectivity index (χ0n) is 18.8. The maximum absolute atomic E-state index is 6.71. The fraction of sp³-hybridized carbons (Fsp3) is 0.0645. The van der Waals surface area contributed by atoms with E-state index in [4.69, 9.17) is 9.15 Å². The SMILES string of the molecule is Cc1c2c(cc3c1ccc1ccccc13)Oc1cc3c4ccccc4oc3c3cc[n+](C)c-2c13. The lowest BCUT2D eigenvalue weighted by molar-refractivity contribution is -0.659. The van der Waals surface area contributed by atoms with E-state index in [1.807, 2.05) is 12.1 Å². The summed E-state index contributed by atoms with van der Waals surface area (Å²) in [4.78, 5) is 0. The number of aromatic nitrogens is 1. The summed E-state index contributed by atoms with van der Waals surface area (Å²) in [6.07, 6.45) is 2.13. The number of ether oxygens (including phenoxy) is 1. The lowest BCUT2D eigenvalue weighted by Crippen LogP contribution is -2.31. The van der Waals surface area contributed by atoms with E-state index in [1.54, 1.807) is 0 Å². The minimum Gasteiger partial charge on any atom is -0.455 e. The number of hydrogen-bond acceptors (Lipinski definition) is 2. The van der Waals surface area contributed by atoms with Gasteiger partial charge in [0.2, 0.25) is 5.69 Å². The Morgan fingerprint density at radius 3 is 2.38 bits per heavy atom. The molecule has 8 rings (SSSR count). The van der Waals surface area contributed by atoms with E-state index < -0.39 is 0 Å². The zero-order chi connectivity index (χ0) is 22.6. The van der Waals surface area contributed by atoms with Gasteiger partial charge in [-0.05, 0) is 52.2 Å². The molecule has 3 nitrogen and oxygen atoms in total. The second-order valence-corrected chi connectivity index (χ2v) is 9.27. The third-order valence-corrected chi connectivity index (χ3v) is 7.45. The van der Waals surface area contributed by atoms with Crippen molar-refractivity contribution in [2.45, 2.75) is 6.92 Å². The Morgan fingerprint density at radius 2 is 1.47 bits per heavy atom. The van der Waals surface area contributed by atoms with E-state index in [0.29, 0.717) is 0 Å². The molecule has 5 aromatic carbocycles. The first-order valence-corrected chi connectivity index (χ1v) is 11.6. The summed E-state index contributed by atoms with van der Waals surface area (Å²) in [7, 11) is 2.11. The molecule has 3 heteroatoms. The molecule has 0 fully saturated rings. The molecule has 1 aliphatic heterocycles. The predicted molar refractivity (Wildman–Crippen MR) is 138 cm³/mol. The van der Waals surface area contributed by atoms with Gasteiger partial charge in [-0.3, -0.25) is 0 Å². The van der Waals surface area contributed by atoms with Gasteiger partial charge in [0.15, 0.2) is 6.20 Å². The van der Waals surface area contributed by atoms with Crippen molar-refractivity contribution in [2.24, 2.45) is 7.05 Å². The van der Waals surface area contributed by atoms with Crippen molar-refractivity contribution < 1.29 is 13.7 Å². The minimum absolute atomic E-state index is 0.881. The van der Waals surface area contributed by atoms with Crippen LogP contribution in [-0.2, 0) is 7.05 Å². The first-order valence-electron chi connectivity index (χ1n) is 11.6. The van der Waals surface area contributed by atoms with E-state index in [9.17, 15) is 0 Å². The van der Waals surface area contributed by atoms with Crippen LogP contribution in [-0.4, -0.2) is 0 Å². The number of benzene rings is 5. The Bertz CT molecular complexity index is 2010. The van der Waals surface area contributed by atoms with Crippen LogP contribution in [0.5, 0.6) is 11.5 Å². The van der Waals surface area contributed by atoms with Gasteiger partial charge in [-0.1, -0.05) is 54.6 Å². The molecule has 3 heterocycles. The molecular weight excluding hydrogens is 418 g/mol. The van der Waals surface area contributed by atoms with Crippen molar-refractivity contribution in [1.82, 2.24) is 0 Å². The molecular formula is C31H20NO2+. The van der Waals surface area contributed by atoms with Crippen molar-refractivity contribution in [3.05, 3.63) is 90.6 Å². The number of hydrogen-bond donors (Lipinski definition) is 0. The molecule has 2 aromatic heterocycles. The van der Waals surface area contributed by atoms with Gasteiger partial charge in [0.1, 0.15) is 35.1 Å². The monoisotopic (exact) mass is 438 g/mol. The number of nitrogens with zero attached hydrogens (tertiary/aromatic N) is 1. The molecule has 0 bridgehead atoms. The highest BCUT2D eigenvalue weighted by atomic mass is 16.5. The Balaban J connectivity index is 1.56. The van der Waals surface area contributed by atoms with E-state index >= 15 is 0 Å². The van der Waals surface area contributed by atoms with Crippen LogP contribution < -0.4 is 9.30 Å². The largest absolute Gasteiger partial charge is 0.455 e. The third kappa shape index (κ3) is 2.14. The quantitative estimate of drug-likeness (QED) is 0.177. The average molecular weight is 439 g/mol. The third-order valence-electron chi connectivity index (χ3n) is 7.45. The Morgan fingerprint density at radius 1 is 0.676 bits per heavy atom. The van der Waals surface area contributed by atoms with Crippen LogP contribution in [0.25, 0.3) is 65.5 Å². The topological polar surface area (TPSA) is 26.2 Å². The zero-order valence-corrected chi connectivity index (χ0v) is 18.8. The second-order valence-electron chi connectivity index (χ2n) is 9.27. The highest BCUT2D eigenvalue weighted by Crippen LogP contribution is 2.51. The fourth-order valence-electron chi connectivity index (χ4n) is 5.87. The lowest BCUT2D eigenvalue weighted by atomic mass is 9.90. The summed E-state index contributed by atoms with van der Waals surface area (Å²) in [5.74, 6) is 1.79. The van der Waals surface area contributed by atoms with Crippen LogP contribution in [0.1, 0.15) is 5.56 Å². The first kappa shape index (κ1) is 18.1. The number of para-hydroxylation sites is 1. The van der Waals surface area contributed by atoms with Crippen molar-refractivity contribution in [3.63, 3.8) is 0 Å². The van der Waals surface area contributed by atoms with Crippen LogP contribution >= 0.6 is 0 Å². The predicted octanol–water partition coefficient (Wildman–Crippen LogP) is 7.95. The summed E-state index contributed by atoms with van der Waals surface area (Å²) in [6.45, 7) is 2.21. The highest BCUT2D eigenvalue weighted by Gasteiger charge is 2.32. The average Bonchev–Trinajstić information content (AvgIpc) is 3.24. The molecule has 0 atom stereocenters. The minimum atomic E-state index is 0.881. The van der Waals surface area contributed by atoms with Gasteiger partial charge >= 0.3 is 0 Å². The van der Waals surface area contributed by atoms with Crippen LogP contribution in [0.15, 0.2) is 89.5 Å². The number of fused-ring (bicyclic) bond motifs is 9. The fourth-order valence-corrected chi connectivity index (χ4v) is 5.87. The standard InChI is InChI=1S/C31H20NO2/c1-17-19-12-11-18-7-3-4-8-20(18)23(19)15-26-28(17)30-29-22(13-14-32(30)2)31-24(16-27(29)33-26)21-9-5-6-10-25(21)34-31/h3-16H,1-2H3/q+1. The Kier molecular flexibility index (Phi) is 3.27. The smallest absolute Gasteiger partial charge is 0.228 e. The lowest BCUT2D eigenvalue weighted by Gasteiger charge is -2.22.